The molecule has 0 unspecified atom stereocenters. The molecular weight excluding hydrogens is 261 g/mol. The topological polar surface area (TPSA) is 31.4 Å². The summed E-state index contributed by atoms with van der Waals surface area (Å²) in [5, 5.41) is 1.11. The first-order valence-corrected chi connectivity index (χ1v) is 7.08. The van der Waals surface area contributed by atoms with Crippen molar-refractivity contribution in [1.29, 1.82) is 0 Å². The lowest BCUT2D eigenvalue weighted by Gasteiger charge is -2.08. The van der Waals surface area contributed by atoms with Gasteiger partial charge in [0.25, 0.3) is 0 Å². The van der Waals surface area contributed by atoms with Crippen molar-refractivity contribution in [2.45, 2.75) is 13.4 Å². The minimum atomic E-state index is 0.133. The predicted octanol–water partition coefficient (Wildman–Crippen LogP) is 3.39. The molecule has 0 amide bonds. The van der Waals surface area contributed by atoms with Crippen LogP contribution in [0.5, 0.6) is 11.6 Å². The fourth-order valence-corrected chi connectivity index (χ4v) is 2.68. The van der Waals surface area contributed by atoms with Crippen molar-refractivity contribution >= 4 is 23.3 Å². The molecule has 0 aliphatic carbocycles. The zero-order valence-corrected chi connectivity index (χ0v) is 11.7. The van der Waals surface area contributed by atoms with E-state index in [1.54, 1.807) is 0 Å². The number of fused-ring (bicyclic) bond motifs is 2. The number of hydrogen-bond donors (Lipinski definition) is 0. The van der Waals surface area contributed by atoms with Crippen LogP contribution in [-0.4, -0.2) is 11.9 Å². The van der Waals surface area contributed by atoms with Gasteiger partial charge >= 0.3 is 6.92 Å². The molecule has 0 saturated carbocycles. The van der Waals surface area contributed by atoms with E-state index in [2.05, 4.69) is 17.9 Å². The molecule has 4 rings (SSSR count). The quantitative estimate of drug-likeness (QED) is 0.672. The number of benzene rings is 2. The summed E-state index contributed by atoms with van der Waals surface area (Å²) in [4.78, 5) is 4.53. The molecule has 3 aromatic rings. The maximum absolute atomic E-state index is 5.89. The van der Waals surface area contributed by atoms with Crippen LogP contribution in [0.1, 0.15) is 5.56 Å². The summed E-state index contributed by atoms with van der Waals surface area (Å²) in [5.74, 6) is 1.41. The molecule has 1 aliphatic heterocycles. The molecule has 1 aliphatic rings. The molecule has 2 heterocycles. The molecular formula is C17H14BNO2. The van der Waals surface area contributed by atoms with E-state index in [0.717, 1.165) is 16.7 Å². The monoisotopic (exact) mass is 275 g/mol. The van der Waals surface area contributed by atoms with E-state index >= 15 is 0 Å². The molecule has 4 heteroatoms. The third kappa shape index (κ3) is 2.28. The lowest BCUT2D eigenvalue weighted by Crippen LogP contribution is -2.24. The smallest absolute Gasteiger partial charge is 0.324 e. The van der Waals surface area contributed by atoms with Gasteiger partial charge in [0.2, 0.25) is 5.88 Å². The number of nitrogens with zero attached hydrogens (tertiary/aromatic N) is 1. The van der Waals surface area contributed by atoms with Gasteiger partial charge in [0.05, 0.1) is 12.1 Å². The Kier molecular flexibility index (Phi) is 2.90. The summed E-state index contributed by atoms with van der Waals surface area (Å²) < 4.78 is 11.5. The second kappa shape index (κ2) is 4.90. The predicted molar refractivity (Wildman–Crippen MR) is 84.3 cm³/mol. The van der Waals surface area contributed by atoms with Gasteiger partial charge in [-0.05, 0) is 35.3 Å². The summed E-state index contributed by atoms with van der Waals surface area (Å²) in [7, 11) is 0. The molecule has 0 spiro atoms. The third-order valence-electron chi connectivity index (χ3n) is 3.84. The van der Waals surface area contributed by atoms with Crippen LogP contribution in [0.3, 0.4) is 0 Å². The van der Waals surface area contributed by atoms with Crippen molar-refractivity contribution in [3.8, 4) is 11.6 Å². The van der Waals surface area contributed by atoms with Crippen LogP contribution >= 0.6 is 0 Å². The van der Waals surface area contributed by atoms with Crippen molar-refractivity contribution in [2.24, 2.45) is 0 Å². The van der Waals surface area contributed by atoms with Gasteiger partial charge in [-0.25, -0.2) is 4.98 Å². The minimum absolute atomic E-state index is 0.133. The second-order valence-electron chi connectivity index (χ2n) is 5.26. The number of aromatic nitrogens is 1. The highest BCUT2D eigenvalue weighted by atomic mass is 16.5. The summed E-state index contributed by atoms with van der Waals surface area (Å²) >= 11 is 0. The number of para-hydroxylation sites is 1. The summed E-state index contributed by atoms with van der Waals surface area (Å²) in [5.41, 5.74) is 3.38. The van der Waals surface area contributed by atoms with Crippen LogP contribution < -0.4 is 10.2 Å². The van der Waals surface area contributed by atoms with Crippen LogP contribution in [-0.2, 0) is 11.3 Å². The van der Waals surface area contributed by atoms with Gasteiger partial charge in [0, 0.05) is 11.5 Å². The molecule has 0 fully saturated rings. The van der Waals surface area contributed by atoms with Gasteiger partial charge in [0.1, 0.15) is 5.75 Å². The Morgan fingerprint density at radius 2 is 2.00 bits per heavy atom. The molecule has 0 bridgehead atoms. The fourth-order valence-electron chi connectivity index (χ4n) is 2.68. The third-order valence-corrected chi connectivity index (χ3v) is 3.84. The molecule has 0 saturated heterocycles. The van der Waals surface area contributed by atoms with Gasteiger partial charge in [0.15, 0.2) is 0 Å². The molecule has 0 radical (unpaired) electrons. The Bertz CT molecular complexity index is 819. The van der Waals surface area contributed by atoms with Gasteiger partial charge in [-0.1, -0.05) is 31.1 Å². The van der Waals surface area contributed by atoms with E-state index < -0.39 is 0 Å². The van der Waals surface area contributed by atoms with Crippen LogP contribution in [0.2, 0.25) is 6.82 Å². The largest absolute Gasteiger partial charge is 0.439 e. The highest BCUT2D eigenvalue weighted by molar-refractivity contribution is 6.67. The first kappa shape index (κ1) is 12.4. The molecule has 102 valence electrons. The normalized spacial score (nSPS) is 13.5. The molecule has 3 nitrogen and oxygen atoms in total. The maximum atomic E-state index is 5.89. The summed E-state index contributed by atoms with van der Waals surface area (Å²) in [6.45, 7) is 2.88. The highest BCUT2D eigenvalue weighted by Crippen LogP contribution is 2.23. The highest BCUT2D eigenvalue weighted by Gasteiger charge is 2.23. The van der Waals surface area contributed by atoms with E-state index in [9.17, 15) is 0 Å². The standard InChI is InChI=1S/C17H14BNO2/c1-18-15-10-14(8-6-13(15)11-20-18)21-17-9-7-12-4-2-3-5-16(12)19-17/h2-10H,11H2,1H3. The Labute approximate surface area is 123 Å². The Balaban J connectivity index is 1.67. The van der Waals surface area contributed by atoms with Crippen molar-refractivity contribution in [2.75, 3.05) is 0 Å². The van der Waals surface area contributed by atoms with Crippen molar-refractivity contribution in [1.82, 2.24) is 4.98 Å². The lowest BCUT2D eigenvalue weighted by molar-refractivity contribution is 0.333. The zero-order chi connectivity index (χ0) is 14.2. The van der Waals surface area contributed by atoms with E-state index in [4.69, 9.17) is 9.39 Å². The van der Waals surface area contributed by atoms with Gasteiger partial charge in [-0.2, -0.15) is 0 Å². The maximum Gasteiger partial charge on any atom is 0.324 e. The summed E-state index contributed by atoms with van der Waals surface area (Å²) in [6.07, 6.45) is 0. The fraction of sp³-hybridized carbons (Fsp3) is 0.118. The van der Waals surface area contributed by atoms with Gasteiger partial charge in [-0.15, -0.1) is 0 Å². The Hall–Kier alpha value is -2.33. The van der Waals surface area contributed by atoms with Crippen molar-refractivity contribution < 1.29 is 9.39 Å². The molecule has 0 N–H and O–H groups in total. The summed E-state index contributed by atoms with van der Waals surface area (Å²) in [6, 6.07) is 18.0. The van der Waals surface area contributed by atoms with E-state index in [1.165, 1.54) is 11.0 Å². The van der Waals surface area contributed by atoms with Gasteiger partial charge < -0.3 is 9.39 Å². The van der Waals surface area contributed by atoms with E-state index in [0.29, 0.717) is 12.5 Å². The second-order valence-corrected chi connectivity index (χ2v) is 5.26. The van der Waals surface area contributed by atoms with E-state index in [-0.39, 0.29) is 6.92 Å². The van der Waals surface area contributed by atoms with Crippen molar-refractivity contribution in [3.63, 3.8) is 0 Å². The van der Waals surface area contributed by atoms with Crippen LogP contribution in [0.25, 0.3) is 10.9 Å². The van der Waals surface area contributed by atoms with Crippen LogP contribution in [0.15, 0.2) is 54.6 Å². The van der Waals surface area contributed by atoms with Crippen molar-refractivity contribution in [3.05, 3.63) is 60.2 Å². The van der Waals surface area contributed by atoms with Gasteiger partial charge in [-0.3, -0.25) is 0 Å². The Morgan fingerprint density at radius 1 is 1.10 bits per heavy atom. The van der Waals surface area contributed by atoms with Crippen LogP contribution in [0.4, 0.5) is 0 Å². The minimum Gasteiger partial charge on any atom is -0.439 e. The molecule has 0 atom stereocenters. The van der Waals surface area contributed by atoms with E-state index in [1.807, 2.05) is 48.5 Å². The number of hydrogen-bond acceptors (Lipinski definition) is 3. The first-order chi connectivity index (χ1) is 10.3. The number of pyridine rings is 1. The first-order valence-electron chi connectivity index (χ1n) is 7.08. The number of ether oxygens (including phenoxy) is 1. The zero-order valence-electron chi connectivity index (χ0n) is 11.7. The number of rotatable bonds is 2. The van der Waals surface area contributed by atoms with Crippen LogP contribution in [0, 0.1) is 0 Å². The molecule has 2 aromatic carbocycles. The Morgan fingerprint density at radius 3 is 2.95 bits per heavy atom. The molecule has 1 aromatic heterocycles. The average molecular weight is 275 g/mol. The molecule has 21 heavy (non-hydrogen) atoms. The SMILES string of the molecule is CB1OCc2ccc(Oc3ccc4ccccc4n3)cc21. The lowest BCUT2D eigenvalue weighted by atomic mass is 9.64. The average Bonchev–Trinajstić information content (AvgIpc) is 2.88.